The molecule has 32 heavy (non-hydrogen) atoms. The van der Waals surface area contributed by atoms with Crippen molar-refractivity contribution in [2.45, 2.75) is 59.8 Å². The molecule has 1 aliphatic rings. The minimum atomic E-state index is -0.957. The first-order chi connectivity index (χ1) is 15.2. The summed E-state index contributed by atoms with van der Waals surface area (Å²) in [6, 6.07) is 10.5. The van der Waals surface area contributed by atoms with Crippen LogP contribution < -0.4 is 5.32 Å². The number of hydrogen-bond acceptors (Lipinski definition) is 4. The van der Waals surface area contributed by atoms with E-state index in [4.69, 9.17) is 0 Å². The minimum Gasteiger partial charge on any atom is -0.481 e. The highest BCUT2D eigenvalue weighted by Crippen LogP contribution is 2.41. The number of thiophene rings is 1. The minimum absolute atomic E-state index is 0.333. The van der Waals surface area contributed by atoms with Crippen LogP contribution in [-0.2, 0) is 9.59 Å². The molecular formula is C26H30N2O3S. The lowest BCUT2D eigenvalue weighted by atomic mass is 9.76. The number of carbonyl (C=O) groups is 2. The van der Waals surface area contributed by atoms with Crippen LogP contribution in [0.1, 0.15) is 68.9 Å². The molecule has 2 aromatic rings. The van der Waals surface area contributed by atoms with Crippen LogP contribution in [0, 0.1) is 30.1 Å². The molecule has 6 heteroatoms. The monoisotopic (exact) mass is 450 g/mol. The largest absolute Gasteiger partial charge is 0.481 e. The molecule has 3 rings (SSSR count). The number of nitriles is 1. The topological polar surface area (TPSA) is 90.2 Å². The lowest BCUT2D eigenvalue weighted by Gasteiger charge is -2.29. The van der Waals surface area contributed by atoms with Crippen LogP contribution in [0.4, 0.5) is 5.00 Å². The highest BCUT2D eigenvalue weighted by atomic mass is 32.1. The predicted molar refractivity (Wildman–Crippen MR) is 129 cm³/mol. The number of nitrogens with zero attached hydrogens (tertiary/aromatic N) is 1. The van der Waals surface area contributed by atoms with Gasteiger partial charge in [0.2, 0.25) is 5.91 Å². The lowest BCUT2D eigenvalue weighted by molar-refractivity contribution is -0.146. The van der Waals surface area contributed by atoms with Crippen LogP contribution >= 0.6 is 11.3 Å². The number of carboxylic acids is 1. The van der Waals surface area contributed by atoms with Crippen molar-refractivity contribution in [3.05, 3.63) is 51.4 Å². The molecule has 1 heterocycles. The molecule has 0 unspecified atom stereocenters. The Morgan fingerprint density at radius 1 is 1.16 bits per heavy atom. The Morgan fingerprint density at radius 2 is 1.75 bits per heavy atom. The summed E-state index contributed by atoms with van der Waals surface area (Å²) >= 11 is 1.36. The molecule has 2 N–H and O–H groups in total. The molecule has 5 nitrogen and oxygen atoms in total. The van der Waals surface area contributed by atoms with Crippen molar-refractivity contribution in [2.75, 3.05) is 5.32 Å². The summed E-state index contributed by atoms with van der Waals surface area (Å²) in [7, 11) is 0. The molecule has 0 aliphatic heterocycles. The zero-order chi connectivity index (χ0) is 23.6. The molecular weight excluding hydrogens is 420 g/mol. The summed E-state index contributed by atoms with van der Waals surface area (Å²) in [6.45, 7) is 10.2. The second kappa shape index (κ2) is 9.70. The van der Waals surface area contributed by atoms with Gasteiger partial charge in [-0.05, 0) is 57.1 Å². The van der Waals surface area contributed by atoms with E-state index in [1.165, 1.54) is 16.9 Å². The normalized spacial score (nSPS) is 19.4. The molecule has 1 amide bonds. The number of anilines is 1. The van der Waals surface area contributed by atoms with Crippen molar-refractivity contribution in [1.29, 1.82) is 5.26 Å². The van der Waals surface area contributed by atoms with Crippen LogP contribution in [-0.4, -0.2) is 17.0 Å². The second-order valence-corrected chi connectivity index (χ2v) is 10.0. The predicted octanol–water partition coefficient (Wildman–Crippen LogP) is 6.49. The van der Waals surface area contributed by atoms with Gasteiger partial charge in [-0.15, -0.1) is 11.3 Å². The summed E-state index contributed by atoms with van der Waals surface area (Å²) in [5.41, 5.74) is 5.56. The van der Waals surface area contributed by atoms with Gasteiger partial charge in [0.05, 0.1) is 17.4 Å². The Labute approximate surface area is 193 Å². The summed E-state index contributed by atoms with van der Waals surface area (Å²) in [5.74, 6) is -2.22. The number of allylic oxidation sites excluding steroid dienone is 2. The molecule has 0 saturated heterocycles. The number of nitrogens with one attached hydrogen (secondary N) is 1. The standard InChI is InChI=1S/C26H30N2O3S/c1-6-14(2)18-7-9-19(10-8-18)23-17(5)32-25(22(23)13-27)28-24(29)20-11-15(3)16(4)12-21(20)26(30)31/h7-10,14,20-21H,6,11-12H2,1-5H3,(H,28,29)(H,30,31)/t14-,20-,21+/m0/s1. The Balaban J connectivity index is 1.91. The molecule has 1 aromatic heterocycles. The quantitative estimate of drug-likeness (QED) is 0.492. The number of aryl methyl sites for hydroxylation is 1. The van der Waals surface area contributed by atoms with Crippen molar-refractivity contribution in [3.8, 4) is 17.2 Å². The number of carbonyl (C=O) groups excluding carboxylic acids is 1. The number of carboxylic acid groups (broad SMARTS) is 1. The van der Waals surface area contributed by atoms with Gasteiger partial charge in [0, 0.05) is 10.4 Å². The number of hydrogen-bond donors (Lipinski definition) is 2. The van der Waals surface area contributed by atoms with Gasteiger partial charge in [0.15, 0.2) is 0 Å². The zero-order valence-electron chi connectivity index (χ0n) is 19.3. The molecule has 0 spiro atoms. The number of benzene rings is 1. The van der Waals surface area contributed by atoms with Crippen LogP contribution in [0.15, 0.2) is 35.4 Å². The Morgan fingerprint density at radius 3 is 2.28 bits per heavy atom. The molecule has 3 atom stereocenters. The van der Waals surface area contributed by atoms with Gasteiger partial charge in [0.25, 0.3) is 0 Å². The van der Waals surface area contributed by atoms with Gasteiger partial charge in [-0.1, -0.05) is 49.3 Å². The molecule has 0 saturated carbocycles. The number of rotatable bonds is 6. The average Bonchev–Trinajstić information content (AvgIpc) is 3.09. The Kier molecular flexibility index (Phi) is 7.20. The van der Waals surface area contributed by atoms with Crippen LogP contribution in [0.5, 0.6) is 0 Å². The van der Waals surface area contributed by atoms with Crippen LogP contribution in [0.25, 0.3) is 11.1 Å². The highest BCUT2D eigenvalue weighted by molar-refractivity contribution is 7.17. The van der Waals surface area contributed by atoms with E-state index in [-0.39, 0.29) is 5.91 Å². The van der Waals surface area contributed by atoms with Gasteiger partial charge in [0.1, 0.15) is 11.1 Å². The molecule has 1 aliphatic carbocycles. The molecule has 0 radical (unpaired) electrons. The van der Waals surface area contributed by atoms with E-state index in [0.717, 1.165) is 33.6 Å². The van der Waals surface area contributed by atoms with E-state index in [1.54, 1.807) is 0 Å². The van der Waals surface area contributed by atoms with Gasteiger partial charge in [-0.2, -0.15) is 5.26 Å². The second-order valence-electron chi connectivity index (χ2n) is 8.79. The van der Waals surface area contributed by atoms with E-state index < -0.39 is 17.8 Å². The number of aliphatic carboxylic acids is 1. The smallest absolute Gasteiger partial charge is 0.307 e. The third-order valence-corrected chi connectivity index (χ3v) is 7.75. The fourth-order valence-corrected chi connectivity index (χ4v) is 5.36. The summed E-state index contributed by atoms with van der Waals surface area (Å²) in [5, 5.41) is 22.9. The van der Waals surface area contributed by atoms with E-state index >= 15 is 0 Å². The third-order valence-electron chi connectivity index (χ3n) is 6.73. The first-order valence-corrected chi connectivity index (χ1v) is 11.8. The molecule has 0 fully saturated rings. The highest BCUT2D eigenvalue weighted by Gasteiger charge is 2.37. The van der Waals surface area contributed by atoms with Crippen molar-refractivity contribution in [1.82, 2.24) is 0 Å². The average molecular weight is 451 g/mol. The van der Waals surface area contributed by atoms with E-state index in [1.807, 2.05) is 32.9 Å². The molecule has 0 bridgehead atoms. The van der Waals surface area contributed by atoms with Gasteiger partial charge >= 0.3 is 5.97 Å². The van der Waals surface area contributed by atoms with Gasteiger partial charge < -0.3 is 10.4 Å². The molecule has 1 aromatic carbocycles. The van der Waals surface area contributed by atoms with Crippen molar-refractivity contribution in [2.24, 2.45) is 11.8 Å². The lowest BCUT2D eigenvalue weighted by Crippen LogP contribution is -2.36. The Hall–Kier alpha value is -2.91. The number of amides is 1. The van der Waals surface area contributed by atoms with E-state index in [9.17, 15) is 20.0 Å². The van der Waals surface area contributed by atoms with E-state index in [2.05, 4.69) is 37.4 Å². The van der Waals surface area contributed by atoms with Crippen molar-refractivity contribution < 1.29 is 14.7 Å². The van der Waals surface area contributed by atoms with Crippen molar-refractivity contribution >= 4 is 28.2 Å². The summed E-state index contributed by atoms with van der Waals surface area (Å²) in [6.07, 6.45) is 1.86. The maximum Gasteiger partial charge on any atom is 0.307 e. The fourth-order valence-electron chi connectivity index (χ4n) is 4.33. The first-order valence-electron chi connectivity index (χ1n) is 11.0. The first kappa shape index (κ1) is 23.7. The van der Waals surface area contributed by atoms with Gasteiger partial charge in [-0.3, -0.25) is 9.59 Å². The maximum absolute atomic E-state index is 13.1. The van der Waals surface area contributed by atoms with E-state index in [0.29, 0.717) is 29.3 Å². The maximum atomic E-state index is 13.1. The Bertz CT molecular complexity index is 1110. The van der Waals surface area contributed by atoms with Gasteiger partial charge in [-0.25, -0.2) is 0 Å². The SMILES string of the molecule is CC[C@H](C)c1ccc(-c2c(C)sc(NC(=O)[C@H]3CC(C)=C(C)C[C@H]3C(=O)O)c2C#N)cc1. The van der Waals surface area contributed by atoms with Crippen LogP contribution in [0.2, 0.25) is 0 Å². The summed E-state index contributed by atoms with van der Waals surface area (Å²) in [4.78, 5) is 25.8. The fraction of sp³-hybridized carbons (Fsp3) is 0.423. The van der Waals surface area contributed by atoms with Crippen LogP contribution in [0.3, 0.4) is 0 Å². The summed E-state index contributed by atoms with van der Waals surface area (Å²) < 4.78 is 0. The van der Waals surface area contributed by atoms with Crippen molar-refractivity contribution in [3.63, 3.8) is 0 Å². The third kappa shape index (κ3) is 4.63. The zero-order valence-corrected chi connectivity index (χ0v) is 20.1. The molecule has 168 valence electrons.